The topological polar surface area (TPSA) is 102 Å². The van der Waals surface area contributed by atoms with Crippen molar-refractivity contribution in [1.82, 2.24) is 4.90 Å². The van der Waals surface area contributed by atoms with Gasteiger partial charge >= 0.3 is 12.1 Å². The van der Waals surface area contributed by atoms with Crippen molar-refractivity contribution in [2.75, 3.05) is 38.2 Å². The molecule has 1 aromatic carbocycles. The van der Waals surface area contributed by atoms with Crippen LogP contribution in [0.1, 0.15) is 26.3 Å². The second-order valence-corrected chi connectivity index (χ2v) is 7.28. The number of rotatable bonds is 4. The van der Waals surface area contributed by atoms with Gasteiger partial charge < -0.3 is 19.3 Å². The zero-order valence-corrected chi connectivity index (χ0v) is 16.1. The molecule has 1 aromatic rings. The second-order valence-electron chi connectivity index (χ2n) is 7.28. The van der Waals surface area contributed by atoms with Crippen molar-refractivity contribution in [2.45, 2.75) is 32.8 Å². The van der Waals surface area contributed by atoms with Gasteiger partial charge in [-0.1, -0.05) is 0 Å². The van der Waals surface area contributed by atoms with E-state index < -0.39 is 16.5 Å². The molecule has 1 fully saturated rings. The van der Waals surface area contributed by atoms with Crippen LogP contribution >= 0.6 is 0 Å². The lowest BCUT2D eigenvalue weighted by molar-refractivity contribution is -0.384. The van der Waals surface area contributed by atoms with Crippen molar-refractivity contribution >= 4 is 23.4 Å². The minimum absolute atomic E-state index is 0.0558. The van der Waals surface area contributed by atoms with Crippen molar-refractivity contribution in [1.29, 1.82) is 0 Å². The van der Waals surface area contributed by atoms with Crippen LogP contribution in [0.4, 0.5) is 16.2 Å². The van der Waals surface area contributed by atoms with Crippen LogP contribution in [-0.4, -0.2) is 60.8 Å². The molecule has 0 spiro atoms. The molecule has 1 aliphatic heterocycles. The summed E-state index contributed by atoms with van der Waals surface area (Å²) in [4.78, 5) is 38.1. The number of nitro groups is 1. The van der Waals surface area contributed by atoms with E-state index in [1.807, 2.05) is 25.7 Å². The third kappa shape index (κ3) is 5.57. The lowest BCUT2D eigenvalue weighted by Gasteiger charge is -2.37. The SMILES string of the molecule is COC(=O)Cc1cc([N+](=O)[O-])ccc1N1CCN(C(=O)OC(C)(C)C)CC1. The lowest BCUT2D eigenvalue weighted by atomic mass is 10.1. The molecule has 0 aromatic heterocycles. The summed E-state index contributed by atoms with van der Waals surface area (Å²) in [6.45, 7) is 7.44. The predicted octanol–water partition coefficient (Wildman–Crippen LogP) is 2.37. The number of nitro benzene ring substituents is 1. The smallest absolute Gasteiger partial charge is 0.410 e. The van der Waals surface area contributed by atoms with E-state index in [4.69, 9.17) is 9.47 Å². The molecule has 1 amide bonds. The highest BCUT2D eigenvalue weighted by atomic mass is 16.6. The lowest BCUT2D eigenvalue weighted by Crippen LogP contribution is -2.50. The summed E-state index contributed by atoms with van der Waals surface area (Å²) in [6.07, 6.45) is -0.416. The van der Waals surface area contributed by atoms with E-state index in [-0.39, 0.29) is 18.2 Å². The van der Waals surface area contributed by atoms with Crippen LogP contribution in [0.2, 0.25) is 0 Å². The van der Waals surface area contributed by atoms with Gasteiger partial charge in [0, 0.05) is 44.0 Å². The molecule has 0 aliphatic carbocycles. The average molecular weight is 379 g/mol. The Labute approximate surface area is 158 Å². The quantitative estimate of drug-likeness (QED) is 0.449. The standard InChI is InChI=1S/C18H25N3O6/c1-18(2,3)27-17(23)20-9-7-19(8-10-20)15-6-5-14(21(24)25)11-13(15)12-16(22)26-4/h5-6,11H,7-10,12H2,1-4H3. The fourth-order valence-corrected chi connectivity index (χ4v) is 2.82. The monoisotopic (exact) mass is 379 g/mol. The Morgan fingerprint density at radius 1 is 1.19 bits per heavy atom. The average Bonchev–Trinajstić information content (AvgIpc) is 2.60. The molecule has 148 valence electrons. The largest absolute Gasteiger partial charge is 0.469 e. The van der Waals surface area contributed by atoms with Gasteiger partial charge in [0.2, 0.25) is 0 Å². The van der Waals surface area contributed by atoms with E-state index in [1.165, 1.54) is 19.2 Å². The maximum atomic E-state index is 12.2. The van der Waals surface area contributed by atoms with Gasteiger partial charge in [-0.2, -0.15) is 0 Å². The molecular weight excluding hydrogens is 354 g/mol. The van der Waals surface area contributed by atoms with Crippen LogP contribution < -0.4 is 4.90 Å². The minimum Gasteiger partial charge on any atom is -0.469 e. The number of amides is 1. The maximum absolute atomic E-state index is 12.2. The molecule has 27 heavy (non-hydrogen) atoms. The Bertz CT molecular complexity index is 720. The molecule has 0 unspecified atom stereocenters. The predicted molar refractivity (Wildman–Crippen MR) is 98.8 cm³/mol. The first-order valence-electron chi connectivity index (χ1n) is 8.67. The molecule has 0 atom stereocenters. The van der Waals surface area contributed by atoms with Gasteiger partial charge in [0.05, 0.1) is 18.5 Å². The molecule has 0 N–H and O–H groups in total. The number of methoxy groups -OCH3 is 1. The van der Waals surface area contributed by atoms with Gasteiger partial charge in [-0.25, -0.2) is 4.79 Å². The summed E-state index contributed by atoms with van der Waals surface area (Å²) in [5.74, 6) is -0.468. The number of nitrogens with zero attached hydrogens (tertiary/aromatic N) is 3. The number of hydrogen-bond acceptors (Lipinski definition) is 7. The molecule has 1 aliphatic rings. The summed E-state index contributed by atoms with van der Waals surface area (Å²) in [5.41, 5.74) is 0.627. The third-order valence-electron chi connectivity index (χ3n) is 4.11. The first-order chi connectivity index (χ1) is 12.6. The Kier molecular flexibility index (Phi) is 6.24. The van der Waals surface area contributed by atoms with Gasteiger partial charge in [-0.3, -0.25) is 14.9 Å². The highest BCUT2D eigenvalue weighted by Gasteiger charge is 2.27. The van der Waals surface area contributed by atoms with Crippen LogP contribution in [0.15, 0.2) is 18.2 Å². The van der Waals surface area contributed by atoms with Crippen LogP contribution in [0.3, 0.4) is 0 Å². The third-order valence-corrected chi connectivity index (χ3v) is 4.11. The molecule has 0 bridgehead atoms. The van der Waals surface area contributed by atoms with E-state index in [1.54, 1.807) is 11.0 Å². The number of non-ortho nitro benzene ring substituents is 1. The van der Waals surface area contributed by atoms with Gasteiger partial charge in [0.1, 0.15) is 5.60 Å². The minimum atomic E-state index is -0.555. The summed E-state index contributed by atoms with van der Waals surface area (Å²) < 4.78 is 10.1. The fourth-order valence-electron chi connectivity index (χ4n) is 2.82. The van der Waals surface area contributed by atoms with Crippen LogP contribution in [-0.2, 0) is 20.7 Å². The normalized spacial score (nSPS) is 14.7. The molecule has 0 saturated carbocycles. The number of anilines is 1. The zero-order valence-electron chi connectivity index (χ0n) is 16.1. The summed E-state index contributed by atoms with van der Waals surface area (Å²) >= 11 is 0. The van der Waals surface area contributed by atoms with Crippen molar-refractivity contribution in [2.24, 2.45) is 0 Å². The number of carbonyl (C=O) groups is 2. The molecule has 0 radical (unpaired) electrons. The van der Waals surface area contributed by atoms with Crippen LogP contribution in [0.5, 0.6) is 0 Å². The van der Waals surface area contributed by atoms with E-state index in [0.29, 0.717) is 31.7 Å². The van der Waals surface area contributed by atoms with Gasteiger partial charge in [-0.15, -0.1) is 0 Å². The number of benzene rings is 1. The van der Waals surface area contributed by atoms with E-state index in [0.717, 1.165) is 5.69 Å². The molecule has 1 saturated heterocycles. The van der Waals surface area contributed by atoms with Crippen LogP contribution in [0, 0.1) is 10.1 Å². The Hall–Kier alpha value is -2.84. The van der Waals surface area contributed by atoms with Crippen molar-refractivity contribution in [3.63, 3.8) is 0 Å². The highest BCUT2D eigenvalue weighted by Crippen LogP contribution is 2.27. The highest BCUT2D eigenvalue weighted by molar-refractivity contribution is 5.76. The van der Waals surface area contributed by atoms with Crippen molar-refractivity contribution in [3.8, 4) is 0 Å². The number of carbonyl (C=O) groups excluding carboxylic acids is 2. The summed E-state index contributed by atoms with van der Waals surface area (Å²) in [6, 6.07) is 4.45. The fraction of sp³-hybridized carbons (Fsp3) is 0.556. The number of esters is 1. The summed E-state index contributed by atoms with van der Waals surface area (Å²) in [7, 11) is 1.28. The van der Waals surface area contributed by atoms with Crippen molar-refractivity contribution in [3.05, 3.63) is 33.9 Å². The van der Waals surface area contributed by atoms with E-state index in [9.17, 15) is 19.7 Å². The Morgan fingerprint density at radius 3 is 2.33 bits per heavy atom. The number of piperazine rings is 1. The molecule has 2 rings (SSSR count). The van der Waals surface area contributed by atoms with Gasteiger partial charge in [0.25, 0.3) is 5.69 Å². The molecule has 9 heteroatoms. The maximum Gasteiger partial charge on any atom is 0.410 e. The zero-order chi connectivity index (χ0) is 20.2. The first-order valence-corrected chi connectivity index (χ1v) is 8.67. The van der Waals surface area contributed by atoms with Crippen molar-refractivity contribution < 1.29 is 24.0 Å². The Morgan fingerprint density at radius 2 is 1.81 bits per heavy atom. The molecule has 1 heterocycles. The second kappa shape index (κ2) is 8.24. The van der Waals surface area contributed by atoms with E-state index >= 15 is 0 Å². The van der Waals surface area contributed by atoms with Gasteiger partial charge in [-0.05, 0) is 32.4 Å². The van der Waals surface area contributed by atoms with E-state index in [2.05, 4.69) is 0 Å². The number of ether oxygens (including phenoxy) is 2. The molecular formula is C18H25N3O6. The van der Waals surface area contributed by atoms with Crippen LogP contribution in [0.25, 0.3) is 0 Å². The number of hydrogen-bond donors (Lipinski definition) is 0. The van der Waals surface area contributed by atoms with Gasteiger partial charge in [0.15, 0.2) is 0 Å². The molecule has 9 nitrogen and oxygen atoms in total. The Balaban J connectivity index is 2.13. The first kappa shape index (κ1) is 20.5. The summed E-state index contributed by atoms with van der Waals surface area (Å²) in [5, 5.41) is 11.0.